The number of carbonyl (C=O) groups is 1. The van der Waals surface area contributed by atoms with Crippen molar-refractivity contribution >= 4 is 15.8 Å². The molecule has 0 aliphatic carbocycles. The summed E-state index contributed by atoms with van der Waals surface area (Å²) in [7, 11) is -4.32. The first-order valence-electron chi connectivity index (χ1n) is 11.3. The molecule has 6 nitrogen and oxygen atoms in total. The van der Waals surface area contributed by atoms with Crippen molar-refractivity contribution in [2.24, 2.45) is 0 Å². The van der Waals surface area contributed by atoms with Crippen molar-refractivity contribution in [1.29, 1.82) is 0 Å². The predicted octanol–water partition coefficient (Wildman–Crippen LogP) is 5.13. The van der Waals surface area contributed by atoms with E-state index in [2.05, 4.69) is 9.97 Å². The number of sulfonamides is 1. The molecular formula is C25H21F6N3O3S. The van der Waals surface area contributed by atoms with E-state index < -0.39 is 57.6 Å². The molecule has 1 aliphatic heterocycles. The van der Waals surface area contributed by atoms with Crippen LogP contribution < -0.4 is 0 Å². The average molecular weight is 558 g/mol. The minimum atomic E-state index is -4.69. The lowest BCUT2D eigenvalue weighted by atomic mass is 9.97. The molecule has 4 rings (SSSR count). The van der Waals surface area contributed by atoms with E-state index in [-0.39, 0.29) is 35.4 Å². The fourth-order valence-corrected chi connectivity index (χ4v) is 5.99. The normalized spacial score (nSPS) is 20.6. The first-order chi connectivity index (χ1) is 17.7. The van der Waals surface area contributed by atoms with Crippen LogP contribution in [-0.4, -0.2) is 46.7 Å². The number of halogens is 6. The summed E-state index contributed by atoms with van der Waals surface area (Å²) >= 11 is 0. The van der Waals surface area contributed by atoms with Gasteiger partial charge in [0, 0.05) is 24.9 Å². The molecule has 0 N–H and O–H groups in total. The van der Waals surface area contributed by atoms with Gasteiger partial charge in [-0.2, -0.15) is 17.5 Å². The van der Waals surface area contributed by atoms with E-state index >= 15 is 0 Å². The van der Waals surface area contributed by atoms with Crippen molar-refractivity contribution in [1.82, 2.24) is 14.3 Å². The molecule has 13 heteroatoms. The molecule has 1 aliphatic rings. The van der Waals surface area contributed by atoms with Crippen LogP contribution in [0, 0.1) is 11.6 Å². The van der Waals surface area contributed by atoms with Crippen LogP contribution in [0.3, 0.4) is 0 Å². The minimum Gasteiger partial charge on any atom is -0.298 e. The van der Waals surface area contributed by atoms with Crippen LogP contribution in [0.4, 0.5) is 26.3 Å². The van der Waals surface area contributed by atoms with Crippen molar-refractivity contribution in [3.8, 4) is 11.3 Å². The molecule has 1 saturated heterocycles. The number of hydrogen-bond acceptors (Lipinski definition) is 5. The number of aryl methyl sites for hydroxylation is 1. The van der Waals surface area contributed by atoms with Crippen LogP contribution in [-0.2, 0) is 27.4 Å². The SMILES string of the molecule is C[C@@]1(F)C[C@@H](C(=O)CCc2cc(F)cc(-c3cnc(C(F)(F)F)cn3)c2)N(S(=O)(=O)c2ccc(F)cc2)C1. The van der Waals surface area contributed by atoms with Gasteiger partial charge in [-0.25, -0.2) is 26.6 Å². The maximum atomic E-state index is 14.9. The quantitative estimate of drug-likeness (QED) is 0.376. The van der Waals surface area contributed by atoms with E-state index in [0.29, 0.717) is 11.8 Å². The summed E-state index contributed by atoms with van der Waals surface area (Å²) in [5.41, 5.74) is -2.79. The highest BCUT2D eigenvalue weighted by molar-refractivity contribution is 7.89. The van der Waals surface area contributed by atoms with E-state index in [1.54, 1.807) is 0 Å². The first kappa shape index (κ1) is 27.7. The number of rotatable bonds is 7. The molecule has 0 saturated carbocycles. The fourth-order valence-electron chi connectivity index (χ4n) is 4.27. The summed E-state index contributed by atoms with van der Waals surface area (Å²) in [6.45, 7) is 0.608. The second kappa shape index (κ2) is 10.1. The lowest BCUT2D eigenvalue weighted by Gasteiger charge is -2.23. The Balaban J connectivity index is 1.52. The molecular weight excluding hydrogens is 536 g/mol. The van der Waals surface area contributed by atoms with Gasteiger partial charge in [-0.05, 0) is 61.4 Å². The highest BCUT2D eigenvalue weighted by Crippen LogP contribution is 2.36. The Bertz CT molecular complexity index is 1440. The first-order valence-corrected chi connectivity index (χ1v) is 12.8. The summed E-state index contributed by atoms with van der Waals surface area (Å²) in [5, 5.41) is 0. The molecule has 3 aromatic rings. The average Bonchev–Trinajstić information content (AvgIpc) is 3.18. The van der Waals surface area contributed by atoms with E-state index in [1.165, 1.54) is 13.0 Å². The van der Waals surface area contributed by atoms with Crippen LogP contribution in [0.5, 0.6) is 0 Å². The molecule has 2 atom stereocenters. The molecule has 1 fully saturated rings. The van der Waals surface area contributed by atoms with E-state index in [9.17, 15) is 39.6 Å². The number of ketones is 1. The number of nitrogens with zero attached hydrogens (tertiary/aromatic N) is 3. The molecule has 2 heterocycles. The van der Waals surface area contributed by atoms with Gasteiger partial charge in [0.05, 0.1) is 29.0 Å². The summed E-state index contributed by atoms with van der Waals surface area (Å²) < 4.78 is 108. The number of Topliss-reactive ketones (excluding diaryl/α,β-unsaturated/α-hetero) is 1. The van der Waals surface area contributed by atoms with E-state index in [4.69, 9.17) is 0 Å². The van der Waals surface area contributed by atoms with Crippen LogP contribution in [0.1, 0.15) is 31.0 Å². The number of carbonyl (C=O) groups excluding carboxylic acids is 1. The Hall–Kier alpha value is -3.32. The maximum absolute atomic E-state index is 14.9. The van der Waals surface area contributed by atoms with Crippen molar-refractivity contribution < 1.29 is 39.6 Å². The van der Waals surface area contributed by atoms with Crippen molar-refractivity contribution in [2.75, 3.05) is 6.54 Å². The smallest absolute Gasteiger partial charge is 0.298 e. The van der Waals surface area contributed by atoms with Gasteiger partial charge in [-0.1, -0.05) is 0 Å². The summed E-state index contributed by atoms with van der Waals surface area (Å²) in [6, 6.07) is 6.20. The third-order valence-electron chi connectivity index (χ3n) is 6.10. The molecule has 2 aromatic carbocycles. The Kier molecular flexibility index (Phi) is 7.36. The Morgan fingerprint density at radius 2 is 1.74 bits per heavy atom. The fraction of sp³-hybridized carbons (Fsp3) is 0.320. The molecule has 0 radical (unpaired) electrons. The van der Waals surface area contributed by atoms with Gasteiger partial charge in [-0.15, -0.1) is 0 Å². The highest BCUT2D eigenvalue weighted by atomic mass is 32.2. The van der Waals surface area contributed by atoms with Gasteiger partial charge in [0.1, 0.15) is 17.3 Å². The topological polar surface area (TPSA) is 80.2 Å². The molecule has 0 bridgehead atoms. The van der Waals surface area contributed by atoms with Crippen LogP contribution in [0.2, 0.25) is 0 Å². The second-order valence-electron chi connectivity index (χ2n) is 9.24. The summed E-state index contributed by atoms with van der Waals surface area (Å²) in [6.07, 6.45) is -4.02. The molecule has 38 heavy (non-hydrogen) atoms. The number of alkyl halides is 4. The molecule has 0 spiro atoms. The zero-order chi connectivity index (χ0) is 27.9. The lowest BCUT2D eigenvalue weighted by Crippen LogP contribution is -2.41. The third kappa shape index (κ3) is 6.04. The maximum Gasteiger partial charge on any atom is 0.434 e. The summed E-state index contributed by atoms with van der Waals surface area (Å²) in [4.78, 5) is 19.8. The Morgan fingerprint density at radius 1 is 1.05 bits per heavy atom. The van der Waals surface area contributed by atoms with Gasteiger partial charge >= 0.3 is 6.18 Å². The second-order valence-corrected chi connectivity index (χ2v) is 11.1. The third-order valence-corrected chi connectivity index (χ3v) is 7.97. The van der Waals surface area contributed by atoms with Crippen LogP contribution >= 0.6 is 0 Å². The number of aromatic nitrogens is 2. The van der Waals surface area contributed by atoms with Crippen molar-refractivity contribution in [3.63, 3.8) is 0 Å². The van der Waals surface area contributed by atoms with Gasteiger partial charge in [0.25, 0.3) is 0 Å². The van der Waals surface area contributed by atoms with Crippen LogP contribution in [0.15, 0.2) is 59.8 Å². The lowest BCUT2D eigenvalue weighted by molar-refractivity contribution is -0.141. The van der Waals surface area contributed by atoms with E-state index in [1.807, 2.05) is 0 Å². The number of benzene rings is 2. The molecule has 0 amide bonds. The standard InChI is InChI=1S/C25H21F6N3O3S/c1-24(28)11-21(34(14-24)38(36,37)19-5-3-17(26)4-6-19)22(35)7-2-15-8-16(10-18(27)9-15)20-12-33-23(13-32-20)25(29,30)31/h3-6,8-10,12-13,21H,2,7,11,14H2,1H3/t21-,24+/m0/s1. The van der Waals surface area contributed by atoms with Gasteiger partial charge < -0.3 is 0 Å². The van der Waals surface area contributed by atoms with Crippen molar-refractivity contribution in [2.45, 2.75) is 49.0 Å². The Morgan fingerprint density at radius 3 is 2.34 bits per heavy atom. The largest absolute Gasteiger partial charge is 0.434 e. The molecule has 1 aromatic heterocycles. The van der Waals surface area contributed by atoms with Crippen molar-refractivity contribution in [3.05, 3.63) is 77.8 Å². The van der Waals surface area contributed by atoms with E-state index in [0.717, 1.165) is 46.9 Å². The predicted molar refractivity (Wildman–Crippen MR) is 124 cm³/mol. The Labute approximate surface area is 214 Å². The van der Waals surface area contributed by atoms with Gasteiger partial charge in [-0.3, -0.25) is 9.78 Å². The minimum absolute atomic E-state index is 0.0226. The zero-order valence-electron chi connectivity index (χ0n) is 19.8. The zero-order valence-corrected chi connectivity index (χ0v) is 20.7. The monoisotopic (exact) mass is 557 g/mol. The van der Waals surface area contributed by atoms with Crippen LogP contribution in [0.25, 0.3) is 11.3 Å². The summed E-state index contributed by atoms with van der Waals surface area (Å²) in [5.74, 6) is -1.99. The number of hydrogen-bond donors (Lipinski definition) is 0. The highest BCUT2D eigenvalue weighted by Gasteiger charge is 2.49. The van der Waals surface area contributed by atoms with Gasteiger partial charge in [0.2, 0.25) is 10.0 Å². The van der Waals surface area contributed by atoms with Gasteiger partial charge in [0.15, 0.2) is 11.5 Å². The molecule has 202 valence electrons. The molecule has 0 unspecified atom stereocenters.